The number of nitrogens with zero attached hydrogens (tertiary/aromatic N) is 1. The van der Waals surface area contributed by atoms with Gasteiger partial charge in [-0.05, 0) is 50.3 Å². The molecule has 1 aliphatic heterocycles. The number of aryl methyl sites for hydroxylation is 1. The van der Waals surface area contributed by atoms with Gasteiger partial charge in [-0.15, -0.1) is 0 Å². The molecular weight excluding hydrogens is 332 g/mol. The van der Waals surface area contributed by atoms with E-state index in [1.807, 2.05) is 36.1 Å². The van der Waals surface area contributed by atoms with Crippen LogP contribution in [0, 0.1) is 12.8 Å². The lowest BCUT2D eigenvalue weighted by atomic mass is 10.1. The van der Waals surface area contributed by atoms with Gasteiger partial charge in [-0.3, -0.25) is 9.59 Å². The molecule has 0 atom stereocenters. The summed E-state index contributed by atoms with van der Waals surface area (Å²) in [6.45, 7) is 4.37. The van der Waals surface area contributed by atoms with Crippen molar-refractivity contribution in [2.75, 3.05) is 32.9 Å². The monoisotopic (exact) mass is 360 g/mol. The van der Waals surface area contributed by atoms with Crippen molar-refractivity contribution in [1.29, 1.82) is 0 Å². The van der Waals surface area contributed by atoms with E-state index in [-0.39, 0.29) is 30.4 Å². The topological polar surface area (TPSA) is 67.9 Å². The fraction of sp³-hybridized carbons (Fsp3) is 0.600. The maximum atomic E-state index is 12.6. The van der Waals surface area contributed by atoms with Gasteiger partial charge in [0.15, 0.2) is 6.61 Å². The van der Waals surface area contributed by atoms with Gasteiger partial charge < -0.3 is 19.7 Å². The van der Waals surface area contributed by atoms with E-state index in [1.165, 1.54) is 0 Å². The van der Waals surface area contributed by atoms with Crippen molar-refractivity contribution in [3.63, 3.8) is 0 Å². The Labute approximate surface area is 154 Å². The number of nitrogens with one attached hydrogen (secondary N) is 1. The van der Waals surface area contributed by atoms with Gasteiger partial charge in [0.2, 0.25) is 5.91 Å². The lowest BCUT2D eigenvalue weighted by Gasteiger charge is -2.34. The van der Waals surface area contributed by atoms with Crippen molar-refractivity contribution in [2.45, 2.75) is 38.6 Å². The normalized spacial score (nSPS) is 17.6. The molecule has 6 heteroatoms. The van der Waals surface area contributed by atoms with Gasteiger partial charge in [0, 0.05) is 38.3 Å². The lowest BCUT2D eigenvalue weighted by Crippen LogP contribution is -2.47. The van der Waals surface area contributed by atoms with Crippen LogP contribution < -0.4 is 10.1 Å². The fourth-order valence-corrected chi connectivity index (χ4v) is 3.26. The minimum absolute atomic E-state index is 0.0166. The van der Waals surface area contributed by atoms with E-state index >= 15 is 0 Å². The van der Waals surface area contributed by atoms with Crippen LogP contribution in [0.3, 0.4) is 0 Å². The molecule has 1 heterocycles. The summed E-state index contributed by atoms with van der Waals surface area (Å²) >= 11 is 0. The van der Waals surface area contributed by atoms with Gasteiger partial charge in [0.1, 0.15) is 5.75 Å². The third-order valence-electron chi connectivity index (χ3n) is 4.88. The van der Waals surface area contributed by atoms with E-state index in [4.69, 9.17) is 9.47 Å². The van der Waals surface area contributed by atoms with Crippen LogP contribution in [0.15, 0.2) is 24.3 Å². The molecule has 26 heavy (non-hydrogen) atoms. The standard InChI is InChI=1S/C20H28N2O4/c1-15-3-2-4-18(13-15)26-14-19(23)21-9-10-22(20(24)16-5-6-16)17-7-11-25-12-8-17/h2-4,13,16-17H,5-12,14H2,1H3,(H,21,23). The van der Waals surface area contributed by atoms with Crippen LogP contribution in [-0.2, 0) is 14.3 Å². The molecule has 2 amide bonds. The molecule has 1 saturated heterocycles. The highest BCUT2D eigenvalue weighted by atomic mass is 16.5. The van der Waals surface area contributed by atoms with Crippen LogP contribution in [0.4, 0.5) is 0 Å². The van der Waals surface area contributed by atoms with Gasteiger partial charge >= 0.3 is 0 Å². The summed E-state index contributed by atoms with van der Waals surface area (Å²) in [5, 5.41) is 2.86. The predicted molar refractivity (Wildman–Crippen MR) is 98.0 cm³/mol. The van der Waals surface area contributed by atoms with Gasteiger partial charge in [0.25, 0.3) is 5.91 Å². The summed E-state index contributed by atoms with van der Waals surface area (Å²) in [6.07, 6.45) is 3.75. The maximum absolute atomic E-state index is 12.6. The van der Waals surface area contributed by atoms with Gasteiger partial charge in [-0.2, -0.15) is 0 Å². The van der Waals surface area contributed by atoms with Crippen molar-refractivity contribution in [1.82, 2.24) is 10.2 Å². The number of benzene rings is 1. The zero-order chi connectivity index (χ0) is 18.4. The highest BCUT2D eigenvalue weighted by molar-refractivity contribution is 5.81. The smallest absolute Gasteiger partial charge is 0.258 e. The third-order valence-corrected chi connectivity index (χ3v) is 4.88. The second kappa shape index (κ2) is 9.03. The van der Waals surface area contributed by atoms with Gasteiger partial charge in [-0.25, -0.2) is 0 Å². The van der Waals surface area contributed by atoms with Crippen molar-refractivity contribution in [3.8, 4) is 5.75 Å². The van der Waals surface area contributed by atoms with E-state index in [0.29, 0.717) is 32.1 Å². The van der Waals surface area contributed by atoms with E-state index < -0.39 is 0 Å². The number of carbonyl (C=O) groups is 2. The molecule has 2 aliphatic rings. The van der Waals surface area contributed by atoms with Crippen LogP contribution in [0.2, 0.25) is 0 Å². The molecule has 6 nitrogen and oxygen atoms in total. The summed E-state index contributed by atoms with van der Waals surface area (Å²) < 4.78 is 10.9. The molecule has 0 unspecified atom stereocenters. The summed E-state index contributed by atoms with van der Waals surface area (Å²) in [5.41, 5.74) is 1.09. The molecule has 1 aliphatic carbocycles. The largest absolute Gasteiger partial charge is 0.484 e. The number of carbonyl (C=O) groups excluding carboxylic acids is 2. The molecule has 1 aromatic carbocycles. The molecule has 1 N–H and O–H groups in total. The number of rotatable bonds is 8. The molecule has 3 rings (SSSR count). The first-order valence-corrected chi connectivity index (χ1v) is 9.48. The number of hydrogen-bond donors (Lipinski definition) is 1. The second-order valence-electron chi connectivity index (χ2n) is 7.10. The molecule has 0 aromatic heterocycles. The third kappa shape index (κ3) is 5.46. The molecule has 2 fully saturated rings. The molecule has 0 spiro atoms. The van der Waals surface area contributed by atoms with Crippen molar-refractivity contribution in [3.05, 3.63) is 29.8 Å². The highest BCUT2D eigenvalue weighted by Gasteiger charge is 2.36. The van der Waals surface area contributed by atoms with Crippen molar-refractivity contribution < 1.29 is 19.1 Å². The summed E-state index contributed by atoms with van der Waals surface area (Å²) in [5.74, 6) is 0.950. The molecule has 1 saturated carbocycles. The molecular formula is C20H28N2O4. The second-order valence-corrected chi connectivity index (χ2v) is 7.10. The van der Waals surface area contributed by atoms with Crippen LogP contribution in [0.1, 0.15) is 31.2 Å². The number of hydrogen-bond acceptors (Lipinski definition) is 4. The van der Waals surface area contributed by atoms with Gasteiger partial charge in [-0.1, -0.05) is 12.1 Å². The van der Waals surface area contributed by atoms with Crippen LogP contribution >= 0.6 is 0 Å². The number of ether oxygens (including phenoxy) is 2. The van der Waals surface area contributed by atoms with E-state index in [1.54, 1.807) is 0 Å². The van der Waals surface area contributed by atoms with Crippen molar-refractivity contribution in [2.24, 2.45) is 5.92 Å². The lowest BCUT2D eigenvalue weighted by molar-refractivity contribution is -0.137. The van der Waals surface area contributed by atoms with Crippen LogP contribution in [-0.4, -0.2) is 55.7 Å². The first-order valence-electron chi connectivity index (χ1n) is 9.48. The molecule has 0 radical (unpaired) electrons. The number of amides is 2. The zero-order valence-electron chi connectivity index (χ0n) is 15.4. The highest BCUT2D eigenvalue weighted by Crippen LogP contribution is 2.32. The average molecular weight is 360 g/mol. The summed E-state index contributed by atoms with van der Waals surface area (Å²) in [4.78, 5) is 26.5. The van der Waals surface area contributed by atoms with E-state index in [0.717, 1.165) is 31.2 Å². The first kappa shape index (κ1) is 18.7. The Bertz CT molecular complexity index is 624. The maximum Gasteiger partial charge on any atom is 0.258 e. The van der Waals surface area contributed by atoms with Crippen LogP contribution in [0.5, 0.6) is 5.75 Å². The van der Waals surface area contributed by atoms with E-state index in [2.05, 4.69) is 5.32 Å². The average Bonchev–Trinajstić information content (AvgIpc) is 3.49. The first-order chi connectivity index (χ1) is 12.6. The Morgan fingerprint density at radius 3 is 2.69 bits per heavy atom. The molecule has 142 valence electrons. The Morgan fingerprint density at radius 2 is 2.00 bits per heavy atom. The minimum Gasteiger partial charge on any atom is -0.484 e. The fourth-order valence-electron chi connectivity index (χ4n) is 3.26. The Hall–Kier alpha value is -2.08. The van der Waals surface area contributed by atoms with E-state index in [9.17, 15) is 9.59 Å². The minimum atomic E-state index is -0.169. The Kier molecular flexibility index (Phi) is 6.50. The van der Waals surface area contributed by atoms with Crippen LogP contribution in [0.25, 0.3) is 0 Å². The zero-order valence-corrected chi connectivity index (χ0v) is 15.4. The SMILES string of the molecule is Cc1cccc(OCC(=O)NCCN(C(=O)C2CC2)C2CCOCC2)c1. The molecule has 1 aromatic rings. The van der Waals surface area contributed by atoms with Crippen molar-refractivity contribution >= 4 is 11.8 Å². The Morgan fingerprint density at radius 1 is 1.23 bits per heavy atom. The summed E-state index contributed by atoms with van der Waals surface area (Å²) in [7, 11) is 0. The van der Waals surface area contributed by atoms with Gasteiger partial charge in [0.05, 0.1) is 0 Å². The Balaban J connectivity index is 1.43. The predicted octanol–water partition coefficient (Wildman–Crippen LogP) is 1.91. The molecule has 0 bridgehead atoms. The summed E-state index contributed by atoms with van der Waals surface area (Å²) in [6, 6.07) is 7.85. The quantitative estimate of drug-likeness (QED) is 0.769.